The molecule has 0 saturated carbocycles. The number of rotatable bonds is 5. The Balaban J connectivity index is 2.34. The van der Waals surface area contributed by atoms with Crippen LogP contribution in [0.3, 0.4) is 0 Å². The van der Waals surface area contributed by atoms with Gasteiger partial charge in [0.2, 0.25) is 0 Å². The lowest BCUT2D eigenvalue weighted by molar-refractivity contribution is 0.590. The van der Waals surface area contributed by atoms with Gasteiger partial charge < -0.3 is 5.32 Å². The van der Waals surface area contributed by atoms with Gasteiger partial charge in [0.25, 0.3) is 0 Å². The number of hydrogen-bond donors (Lipinski definition) is 1. The summed E-state index contributed by atoms with van der Waals surface area (Å²) in [5.41, 5.74) is 3.01. The molecule has 0 bridgehead atoms. The molecule has 0 aliphatic rings. The van der Waals surface area contributed by atoms with Gasteiger partial charge in [-0.25, -0.2) is 4.39 Å². The topological polar surface area (TPSA) is 12.0 Å². The predicted molar refractivity (Wildman–Crippen MR) is 77.7 cm³/mol. The monoisotopic (exact) mass is 257 g/mol. The number of nitrogens with one attached hydrogen (secondary N) is 1. The van der Waals surface area contributed by atoms with Crippen molar-refractivity contribution in [2.75, 3.05) is 6.54 Å². The fraction of sp³-hybridized carbons (Fsp3) is 0.294. The highest BCUT2D eigenvalue weighted by atomic mass is 19.1. The number of hydrogen-bond acceptors (Lipinski definition) is 1. The zero-order valence-electron chi connectivity index (χ0n) is 11.5. The normalized spacial score (nSPS) is 12.4. The van der Waals surface area contributed by atoms with Gasteiger partial charge in [-0.3, -0.25) is 0 Å². The number of aryl methyl sites for hydroxylation is 1. The molecule has 2 aromatic rings. The lowest BCUT2D eigenvalue weighted by Crippen LogP contribution is -2.23. The van der Waals surface area contributed by atoms with E-state index < -0.39 is 0 Å². The SMILES string of the molecule is CCCNC(c1ccccc1)c1ccc(F)c(C)c1. The lowest BCUT2D eigenvalue weighted by atomic mass is 9.97. The summed E-state index contributed by atoms with van der Waals surface area (Å²) in [5.74, 6) is -0.147. The molecule has 0 saturated heterocycles. The van der Waals surface area contributed by atoms with E-state index >= 15 is 0 Å². The molecule has 0 radical (unpaired) electrons. The van der Waals surface area contributed by atoms with Crippen LogP contribution in [0.15, 0.2) is 48.5 Å². The Morgan fingerprint density at radius 1 is 1.05 bits per heavy atom. The van der Waals surface area contributed by atoms with Gasteiger partial charge in [0.05, 0.1) is 6.04 Å². The minimum Gasteiger partial charge on any atom is -0.306 e. The first-order valence-corrected chi connectivity index (χ1v) is 6.76. The fourth-order valence-electron chi connectivity index (χ4n) is 2.21. The molecule has 1 N–H and O–H groups in total. The molecule has 1 unspecified atom stereocenters. The van der Waals surface area contributed by atoms with Crippen LogP contribution in [0.25, 0.3) is 0 Å². The van der Waals surface area contributed by atoms with Gasteiger partial charge >= 0.3 is 0 Å². The zero-order valence-corrected chi connectivity index (χ0v) is 11.5. The van der Waals surface area contributed by atoms with Crippen LogP contribution in [0.1, 0.15) is 36.1 Å². The first-order valence-electron chi connectivity index (χ1n) is 6.76. The van der Waals surface area contributed by atoms with E-state index in [1.165, 1.54) is 5.56 Å². The van der Waals surface area contributed by atoms with Crippen molar-refractivity contribution in [1.82, 2.24) is 5.32 Å². The van der Waals surface area contributed by atoms with Crippen molar-refractivity contribution in [3.63, 3.8) is 0 Å². The molecule has 0 spiro atoms. The summed E-state index contributed by atoms with van der Waals surface area (Å²) in [4.78, 5) is 0. The zero-order chi connectivity index (χ0) is 13.7. The number of benzene rings is 2. The highest BCUT2D eigenvalue weighted by molar-refractivity contribution is 5.34. The van der Waals surface area contributed by atoms with Crippen LogP contribution >= 0.6 is 0 Å². The Labute approximate surface area is 114 Å². The first-order chi connectivity index (χ1) is 9.22. The van der Waals surface area contributed by atoms with Crippen molar-refractivity contribution >= 4 is 0 Å². The van der Waals surface area contributed by atoms with E-state index in [4.69, 9.17) is 0 Å². The van der Waals surface area contributed by atoms with Gasteiger partial charge in [-0.2, -0.15) is 0 Å². The van der Waals surface area contributed by atoms with Crippen molar-refractivity contribution in [3.05, 3.63) is 71.0 Å². The van der Waals surface area contributed by atoms with Gasteiger partial charge in [-0.1, -0.05) is 49.4 Å². The molecular formula is C17H20FN. The van der Waals surface area contributed by atoms with Crippen LogP contribution in [0.5, 0.6) is 0 Å². The molecule has 1 atom stereocenters. The molecule has 100 valence electrons. The van der Waals surface area contributed by atoms with Crippen molar-refractivity contribution in [2.24, 2.45) is 0 Å². The highest BCUT2D eigenvalue weighted by Gasteiger charge is 2.13. The van der Waals surface area contributed by atoms with Crippen LogP contribution in [-0.2, 0) is 0 Å². The largest absolute Gasteiger partial charge is 0.306 e. The Bertz CT molecular complexity index is 522. The first kappa shape index (κ1) is 13.8. The second-order valence-electron chi connectivity index (χ2n) is 4.81. The third kappa shape index (κ3) is 3.42. The molecule has 0 heterocycles. The van der Waals surface area contributed by atoms with E-state index in [0.29, 0.717) is 5.56 Å². The minimum atomic E-state index is -0.147. The third-order valence-electron chi connectivity index (χ3n) is 3.25. The lowest BCUT2D eigenvalue weighted by Gasteiger charge is -2.20. The van der Waals surface area contributed by atoms with Crippen LogP contribution in [0.2, 0.25) is 0 Å². The van der Waals surface area contributed by atoms with Gasteiger partial charge in [-0.05, 0) is 42.6 Å². The summed E-state index contributed by atoms with van der Waals surface area (Å²) < 4.78 is 13.4. The van der Waals surface area contributed by atoms with Crippen molar-refractivity contribution in [3.8, 4) is 0 Å². The third-order valence-corrected chi connectivity index (χ3v) is 3.25. The molecule has 2 rings (SSSR count). The average Bonchev–Trinajstić information content (AvgIpc) is 2.44. The van der Waals surface area contributed by atoms with E-state index in [0.717, 1.165) is 18.5 Å². The molecular weight excluding hydrogens is 237 g/mol. The van der Waals surface area contributed by atoms with Crippen molar-refractivity contribution in [2.45, 2.75) is 26.3 Å². The van der Waals surface area contributed by atoms with E-state index in [1.807, 2.05) is 30.3 Å². The predicted octanol–water partition coefficient (Wildman–Crippen LogP) is 4.22. The van der Waals surface area contributed by atoms with Gasteiger partial charge in [0.15, 0.2) is 0 Å². The van der Waals surface area contributed by atoms with Crippen LogP contribution in [0.4, 0.5) is 4.39 Å². The molecule has 2 aromatic carbocycles. The molecule has 0 amide bonds. The average molecular weight is 257 g/mol. The Kier molecular flexibility index (Phi) is 4.69. The standard InChI is InChI=1S/C17H20FN/c1-3-11-19-17(14-7-5-4-6-8-14)15-9-10-16(18)13(2)12-15/h4-10,12,17,19H,3,11H2,1-2H3. The second-order valence-corrected chi connectivity index (χ2v) is 4.81. The molecule has 19 heavy (non-hydrogen) atoms. The molecule has 1 nitrogen and oxygen atoms in total. The van der Waals surface area contributed by atoms with Crippen molar-refractivity contribution < 1.29 is 4.39 Å². The summed E-state index contributed by atoms with van der Waals surface area (Å²) in [7, 11) is 0. The van der Waals surface area contributed by atoms with Crippen LogP contribution in [-0.4, -0.2) is 6.54 Å². The Hall–Kier alpha value is -1.67. The van der Waals surface area contributed by atoms with Gasteiger partial charge in [0.1, 0.15) is 5.82 Å². The summed E-state index contributed by atoms with van der Waals surface area (Å²) in [5, 5.41) is 3.53. The summed E-state index contributed by atoms with van der Waals surface area (Å²) in [6.45, 7) is 4.89. The summed E-state index contributed by atoms with van der Waals surface area (Å²) in [6, 6.07) is 15.7. The minimum absolute atomic E-state index is 0.125. The Morgan fingerprint density at radius 2 is 1.79 bits per heavy atom. The van der Waals surface area contributed by atoms with E-state index in [1.54, 1.807) is 13.0 Å². The highest BCUT2D eigenvalue weighted by Crippen LogP contribution is 2.23. The van der Waals surface area contributed by atoms with Crippen molar-refractivity contribution in [1.29, 1.82) is 0 Å². The molecule has 0 aromatic heterocycles. The Morgan fingerprint density at radius 3 is 2.42 bits per heavy atom. The maximum atomic E-state index is 13.4. The molecule has 0 fully saturated rings. The van der Waals surface area contributed by atoms with E-state index in [-0.39, 0.29) is 11.9 Å². The molecule has 0 aliphatic heterocycles. The summed E-state index contributed by atoms with van der Waals surface area (Å²) >= 11 is 0. The van der Waals surface area contributed by atoms with Crippen LogP contribution in [0, 0.1) is 12.7 Å². The van der Waals surface area contributed by atoms with Crippen LogP contribution < -0.4 is 5.32 Å². The fourth-order valence-corrected chi connectivity index (χ4v) is 2.21. The maximum Gasteiger partial charge on any atom is 0.126 e. The molecule has 0 aliphatic carbocycles. The smallest absolute Gasteiger partial charge is 0.126 e. The second kappa shape index (κ2) is 6.48. The summed E-state index contributed by atoms with van der Waals surface area (Å²) in [6.07, 6.45) is 1.07. The quantitative estimate of drug-likeness (QED) is 0.845. The maximum absolute atomic E-state index is 13.4. The number of halogens is 1. The molecule has 2 heteroatoms. The van der Waals surface area contributed by atoms with E-state index in [2.05, 4.69) is 24.4 Å². The van der Waals surface area contributed by atoms with Gasteiger partial charge in [-0.15, -0.1) is 0 Å². The van der Waals surface area contributed by atoms with Gasteiger partial charge in [0, 0.05) is 0 Å². The van der Waals surface area contributed by atoms with E-state index in [9.17, 15) is 4.39 Å².